The average Bonchev–Trinajstić information content (AvgIpc) is 3.34. The van der Waals surface area contributed by atoms with Crippen molar-refractivity contribution in [3.63, 3.8) is 0 Å². The van der Waals surface area contributed by atoms with Crippen molar-refractivity contribution in [2.24, 2.45) is 17.3 Å². The number of fused-ring (bicyclic) bond motifs is 5. The zero-order chi connectivity index (χ0) is 20.0. The van der Waals surface area contributed by atoms with Crippen LogP contribution in [0.4, 0.5) is 0 Å². The predicted molar refractivity (Wildman–Crippen MR) is 117 cm³/mol. The second-order valence-corrected chi connectivity index (χ2v) is 9.70. The first-order valence-electron chi connectivity index (χ1n) is 10.5. The number of hydrogen-bond acceptors (Lipinski definition) is 3. The molecule has 1 aromatic carbocycles. The highest BCUT2D eigenvalue weighted by Crippen LogP contribution is 2.60. The highest BCUT2D eigenvalue weighted by atomic mass is 32.1. The molecule has 0 radical (unpaired) electrons. The number of thiophene rings is 1. The summed E-state index contributed by atoms with van der Waals surface area (Å²) in [6.07, 6.45) is 7.15. The van der Waals surface area contributed by atoms with Gasteiger partial charge >= 0.3 is 0 Å². The van der Waals surface area contributed by atoms with Crippen LogP contribution in [0, 0.1) is 29.1 Å². The maximum atomic E-state index is 13.3. The van der Waals surface area contributed by atoms with E-state index in [1.807, 2.05) is 22.9 Å². The molecule has 3 aliphatic carbocycles. The Morgan fingerprint density at radius 1 is 1.28 bits per heavy atom. The summed E-state index contributed by atoms with van der Waals surface area (Å²) in [4.78, 5) is 13.3. The molecule has 1 heterocycles. The van der Waals surface area contributed by atoms with Gasteiger partial charge in [0.05, 0.1) is 7.11 Å². The van der Waals surface area contributed by atoms with Crippen LogP contribution in [-0.4, -0.2) is 12.9 Å². The van der Waals surface area contributed by atoms with Gasteiger partial charge in [-0.2, -0.15) is 11.3 Å². The number of allylic oxidation sites excluding steroid dienone is 2. The Bertz CT molecular complexity index is 1040. The lowest BCUT2D eigenvalue weighted by Crippen LogP contribution is -2.42. The number of ether oxygens (including phenoxy) is 1. The minimum Gasteiger partial charge on any atom is -0.497 e. The highest BCUT2D eigenvalue weighted by molar-refractivity contribution is 7.08. The topological polar surface area (TPSA) is 26.3 Å². The first-order valence-corrected chi connectivity index (χ1v) is 11.5. The summed E-state index contributed by atoms with van der Waals surface area (Å²) in [5.74, 6) is 9.22. The van der Waals surface area contributed by atoms with E-state index in [2.05, 4.69) is 37.0 Å². The second-order valence-electron chi connectivity index (χ2n) is 8.92. The van der Waals surface area contributed by atoms with Gasteiger partial charge in [-0.25, -0.2) is 0 Å². The number of Topliss-reactive ketones (excluding diaryl/α,β-unsaturated/α-hetero) is 1. The third-order valence-corrected chi connectivity index (χ3v) is 8.24. The molecule has 2 saturated carbocycles. The monoisotopic (exact) mass is 402 g/mol. The smallest absolute Gasteiger partial charge is 0.165 e. The van der Waals surface area contributed by atoms with E-state index < -0.39 is 0 Å². The van der Waals surface area contributed by atoms with Crippen molar-refractivity contribution in [1.82, 2.24) is 0 Å². The quantitative estimate of drug-likeness (QED) is 0.447. The van der Waals surface area contributed by atoms with Crippen molar-refractivity contribution in [2.45, 2.75) is 44.9 Å². The normalized spacial score (nSPS) is 31.4. The van der Waals surface area contributed by atoms with Crippen LogP contribution in [0.1, 0.15) is 55.2 Å². The third-order valence-electron chi connectivity index (χ3n) is 7.56. The molecule has 3 aliphatic rings. The first kappa shape index (κ1) is 18.7. The van der Waals surface area contributed by atoms with Gasteiger partial charge in [0.15, 0.2) is 5.78 Å². The van der Waals surface area contributed by atoms with Gasteiger partial charge in [-0.05, 0) is 90.6 Å². The van der Waals surface area contributed by atoms with E-state index in [9.17, 15) is 4.79 Å². The lowest BCUT2D eigenvalue weighted by molar-refractivity contribution is -0.127. The van der Waals surface area contributed by atoms with Crippen molar-refractivity contribution in [2.75, 3.05) is 7.11 Å². The molecule has 0 saturated heterocycles. The lowest BCUT2D eigenvalue weighted by Gasteiger charge is -2.48. The van der Waals surface area contributed by atoms with Gasteiger partial charge in [-0.15, -0.1) is 0 Å². The minimum absolute atomic E-state index is 0.207. The van der Waals surface area contributed by atoms with Crippen LogP contribution in [0.2, 0.25) is 0 Å². The van der Waals surface area contributed by atoms with Crippen LogP contribution in [0.15, 0.2) is 46.7 Å². The van der Waals surface area contributed by atoms with Gasteiger partial charge in [0.1, 0.15) is 5.75 Å². The standard InChI is InChI=1S/C26H26O2S/c1-26-12-10-22-21-9-7-20(28-2)14-18(21)6-8-23(22)24(26)15-19(25(26)27)5-3-4-17-11-13-29-16-17/h5,7,9,11,13-14,16,22-24H,6,8,10,12,15H2,1-2H3/b19-5+/t22-,23-,24+,26-/m1/s1. The number of ketones is 1. The molecule has 29 heavy (non-hydrogen) atoms. The summed E-state index contributed by atoms with van der Waals surface area (Å²) in [5, 5.41) is 4.08. The highest BCUT2D eigenvalue weighted by Gasteiger charge is 2.56. The molecular weight excluding hydrogens is 376 g/mol. The molecular formula is C26H26O2S. The summed E-state index contributed by atoms with van der Waals surface area (Å²) >= 11 is 1.65. The van der Waals surface area contributed by atoms with Crippen LogP contribution >= 0.6 is 11.3 Å². The first-order chi connectivity index (χ1) is 14.1. The van der Waals surface area contributed by atoms with E-state index in [-0.39, 0.29) is 5.41 Å². The molecule has 3 heteroatoms. The van der Waals surface area contributed by atoms with Gasteiger partial charge in [0.2, 0.25) is 0 Å². The summed E-state index contributed by atoms with van der Waals surface area (Å²) in [7, 11) is 1.73. The van der Waals surface area contributed by atoms with E-state index in [1.54, 1.807) is 18.4 Å². The maximum Gasteiger partial charge on any atom is 0.165 e. The molecule has 4 atom stereocenters. The summed E-state index contributed by atoms with van der Waals surface area (Å²) < 4.78 is 5.43. The molecule has 148 valence electrons. The average molecular weight is 403 g/mol. The van der Waals surface area contributed by atoms with Crippen LogP contribution < -0.4 is 4.74 Å². The van der Waals surface area contributed by atoms with Gasteiger partial charge < -0.3 is 4.74 Å². The fraction of sp³-hybridized carbons (Fsp3) is 0.423. The minimum atomic E-state index is -0.207. The summed E-state index contributed by atoms with van der Waals surface area (Å²) in [6, 6.07) is 8.60. The lowest BCUT2D eigenvalue weighted by atomic mass is 9.55. The Kier molecular flexibility index (Phi) is 4.63. The zero-order valence-electron chi connectivity index (χ0n) is 17.0. The van der Waals surface area contributed by atoms with Crippen LogP contribution in [-0.2, 0) is 11.2 Å². The van der Waals surface area contributed by atoms with Gasteiger partial charge in [-0.3, -0.25) is 4.79 Å². The molecule has 0 amide bonds. The molecule has 0 spiro atoms. The van der Waals surface area contributed by atoms with Crippen molar-refractivity contribution in [3.8, 4) is 17.6 Å². The number of carbonyl (C=O) groups excluding carboxylic acids is 1. The van der Waals surface area contributed by atoms with Crippen molar-refractivity contribution < 1.29 is 9.53 Å². The SMILES string of the molecule is COc1ccc2c(c1)CC[C@@H]1[C@@H]2CC[C@@]2(C)C(=O)/C(=C/C#Cc3ccsc3)C[C@@H]12. The Labute approximate surface area is 177 Å². The second kappa shape index (κ2) is 7.18. The van der Waals surface area contributed by atoms with Crippen molar-refractivity contribution in [1.29, 1.82) is 0 Å². The van der Waals surface area contributed by atoms with Gasteiger partial charge in [0, 0.05) is 21.9 Å². The Morgan fingerprint density at radius 2 is 2.17 bits per heavy atom. The van der Waals surface area contributed by atoms with E-state index in [4.69, 9.17) is 4.74 Å². The van der Waals surface area contributed by atoms with Gasteiger partial charge in [0.25, 0.3) is 0 Å². The largest absolute Gasteiger partial charge is 0.497 e. The fourth-order valence-corrected chi connectivity index (χ4v) is 6.62. The van der Waals surface area contributed by atoms with Crippen LogP contribution in [0.5, 0.6) is 5.75 Å². The molecule has 0 aliphatic heterocycles. The third kappa shape index (κ3) is 3.06. The molecule has 2 aromatic rings. The van der Waals surface area contributed by atoms with Crippen molar-refractivity contribution in [3.05, 3.63) is 63.4 Å². The Hall–Kier alpha value is -2.31. The maximum absolute atomic E-state index is 13.3. The fourth-order valence-electron chi connectivity index (χ4n) is 6.03. The number of aryl methyl sites for hydroxylation is 1. The van der Waals surface area contributed by atoms with Gasteiger partial charge in [-0.1, -0.05) is 24.8 Å². The number of carbonyl (C=O) groups is 1. The molecule has 2 nitrogen and oxygen atoms in total. The number of hydrogen-bond donors (Lipinski definition) is 0. The van der Waals surface area contributed by atoms with E-state index in [1.165, 1.54) is 17.5 Å². The number of rotatable bonds is 1. The molecule has 0 unspecified atom stereocenters. The molecule has 1 aromatic heterocycles. The summed E-state index contributed by atoms with van der Waals surface area (Å²) in [6.45, 7) is 2.22. The van der Waals surface area contributed by atoms with Crippen LogP contribution in [0.25, 0.3) is 0 Å². The molecule has 0 N–H and O–H groups in total. The Morgan fingerprint density at radius 3 is 2.97 bits per heavy atom. The number of benzene rings is 1. The van der Waals surface area contributed by atoms with E-state index in [0.717, 1.165) is 42.6 Å². The number of methoxy groups -OCH3 is 1. The Balaban J connectivity index is 1.43. The van der Waals surface area contributed by atoms with Crippen LogP contribution in [0.3, 0.4) is 0 Å². The predicted octanol–water partition coefficient (Wildman–Crippen LogP) is 5.77. The molecule has 0 bridgehead atoms. The zero-order valence-corrected chi connectivity index (χ0v) is 17.9. The van der Waals surface area contributed by atoms with E-state index >= 15 is 0 Å². The van der Waals surface area contributed by atoms with E-state index in [0.29, 0.717) is 23.5 Å². The van der Waals surface area contributed by atoms with Crippen molar-refractivity contribution >= 4 is 17.1 Å². The molecule has 5 rings (SSSR count). The summed E-state index contributed by atoms with van der Waals surface area (Å²) in [5.41, 5.74) is 4.70. The molecule has 2 fully saturated rings.